The van der Waals surface area contributed by atoms with E-state index in [0.29, 0.717) is 43.0 Å². The van der Waals surface area contributed by atoms with Gasteiger partial charge in [-0.1, -0.05) is 30.3 Å². The molecule has 1 fully saturated rings. The molecule has 1 saturated heterocycles. The third-order valence-electron chi connectivity index (χ3n) is 6.60. The molecule has 37 heavy (non-hydrogen) atoms. The summed E-state index contributed by atoms with van der Waals surface area (Å²) in [4.78, 5) is 44.0. The van der Waals surface area contributed by atoms with Crippen LogP contribution in [0.5, 0.6) is 0 Å². The van der Waals surface area contributed by atoms with Crippen molar-refractivity contribution in [1.82, 2.24) is 9.88 Å². The average molecular weight is 497 g/mol. The number of amides is 3. The van der Waals surface area contributed by atoms with Crippen LogP contribution >= 0.6 is 0 Å². The van der Waals surface area contributed by atoms with E-state index in [9.17, 15) is 14.4 Å². The Labute approximate surface area is 214 Å². The SMILES string of the molecule is Cc1ccnc(NC(=O)C2CCN(C(=O)Cc3ccc(NC(=O)c4cc5ccccc5o4)cc3)CC2)c1. The molecule has 1 aliphatic heterocycles. The van der Waals surface area contributed by atoms with Gasteiger partial charge in [0, 0.05) is 36.3 Å². The number of hydrogen-bond donors (Lipinski definition) is 2. The number of hydrogen-bond acceptors (Lipinski definition) is 5. The van der Waals surface area contributed by atoms with Crippen molar-refractivity contribution in [3.05, 3.63) is 89.8 Å². The predicted octanol–water partition coefficient (Wildman–Crippen LogP) is 4.81. The Morgan fingerprint density at radius 3 is 2.46 bits per heavy atom. The van der Waals surface area contributed by atoms with Gasteiger partial charge in [-0.2, -0.15) is 0 Å². The quantitative estimate of drug-likeness (QED) is 0.399. The second-order valence-electron chi connectivity index (χ2n) is 9.34. The van der Waals surface area contributed by atoms with Gasteiger partial charge in [-0.3, -0.25) is 14.4 Å². The standard InChI is InChI=1S/C29H28N4O4/c1-19-10-13-30-26(16-19)32-28(35)21-11-14-33(15-12-21)27(34)17-20-6-8-23(9-7-20)31-29(36)25-18-22-4-2-3-5-24(22)37-25/h2-10,13,16,18,21H,11-12,14-15,17H2,1H3,(H,31,36)(H,30,32,35). The summed E-state index contributed by atoms with van der Waals surface area (Å²) in [5, 5.41) is 6.58. The molecule has 2 N–H and O–H groups in total. The minimum Gasteiger partial charge on any atom is -0.451 e. The highest BCUT2D eigenvalue weighted by molar-refractivity contribution is 6.04. The smallest absolute Gasteiger partial charge is 0.291 e. The summed E-state index contributed by atoms with van der Waals surface area (Å²) in [5.41, 5.74) is 3.18. The normalized spacial score (nSPS) is 13.9. The molecule has 0 saturated carbocycles. The fourth-order valence-electron chi connectivity index (χ4n) is 4.50. The highest BCUT2D eigenvalue weighted by Crippen LogP contribution is 2.22. The van der Waals surface area contributed by atoms with E-state index in [-0.39, 0.29) is 35.8 Å². The number of carbonyl (C=O) groups is 3. The molecule has 3 amide bonds. The minimum atomic E-state index is -0.329. The Morgan fingerprint density at radius 1 is 0.973 bits per heavy atom. The second kappa shape index (κ2) is 10.7. The second-order valence-corrected chi connectivity index (χ2v) is 9.34. The van der Waals surface area contributed by atoms with Crippen LogP contribution in [-0.2, 0) is 16.0 Å². The fraction of sp³-hybridized carbons (Fsp3) is 0.241. The van der Waals surface area contributed by atoms with Crippen LogP contribution in [0.15, 0.2) is 77.3 Å². The topological polar surface area (TPSA) is 105 Å². The number of benzene rings is 2. The molecule has 0 aliphatic carbocycles. The van der Waals surface area contributed by atoms with Crippen LogP contribution in [0.2, 0.25) is 0 Å². The lowest BCUT2D eigenvalue weighted by molar-refractivity contribution is -0.133. The van der Waals surface area contributed by atoms with Gasteiger partial charge in [-0.05, 0) is 67.3 Å². The van der Waals surface area contributed by atoms with Gasteiger partial charge in [0.2, 0.25) is 11.8 Å². The van der Waals surface area contributed by atoms with Gasteiger partial charge in [0.1, 0.15) is 11.4 Å². The highest BCUT2D eigenvalue weighted by Gasteiger charge is 2.27. The largest absolute Gasteiger partial charge is 0.451 e. The molecular weight excluding hydrogens is 468 g/mol. The molecule has 0 atom stereocenters. The van der Waals surface area contributed by atoms with Crippen LogP contribution in [0.3, 0.4) is 0 Å². The van der Waals surface area contributed by atoms with E-state index in [2.05, 4.69) is 15.6 Å². The zero-order valence-electron chi connectivity index (χ0n) is 20.6. The molecule has 1 aliphatic rings. The number of para-hydroxylation sites is 1. The first kappa shape index (κ1) is 24.2. The number of aromatic nitrogens is 1. The number of pyridine rings is 1. The third-order valence-corrected chi connectivity index (χ3v) is 6.60. The Bertz CT molecular complexity index is 1400. The van der Waals surface area contributed by atoms with E-state index in [0.717, 1.165) is 16.5 Å². The van der Waals surface area contributed by atoms with Crippen LogP contribution in [0.4, 0.5) is 11.5 Å². The minimum absolute atomic E-state index is 0.0262. The van der Waals surface area contributed by atoms with Crippen molar-refractivity contribution in [3.63, 3.8) is 0 Å². The maximum atomic E-state index is 12.8. The number of rotatable bonds is 6. The molecule has 2 aromatic heterocycles. The lowest BCUT2D eigenvalue weighted by Crippen LogP contribution is -2.42. The number of nitrogens with one attached hydrogen (secondary N) is 2. The molecule has 4 aromatic rings. The zero-order chi connectivity index (χ0) is 25.8. The van der Waals surface area contributed by atoms with Crippen LogP contribution in [0.1, 0.15) is 34.5 Å². The number of anilines is 2. The summed E-state index contributed by atoms with van der Waals surface area (Å²) in [5.74, 6) is 0.309. The summed E-state index contributed by atoms with van der Waals surface area (Å²) < 4.78 is 5.61. The maximum Gasteiger partial charge on any atom is 0.291 e. The van der Waals surface area contributed by atoms with Crippen LogP contribution in [-0.4, -0.2) is 40.7 Å². The Hall–Kier alpha value is -4.46. The van der Waals surface area contributed by atoms with Crippen LogP contribution in [0.25, 0.3) is 11.0 Å². The number of fused-ring (bicyclic) bond motifs is 1. The van der Waals surface area contributed by atoms with Crippen LogP contribution < -0.4 is 10.6 Å². The number of furan rings is 1. The lowest BCUT2D eigenvalue weighted by Gasteiger charge is -2.31. The van der Waals surface area contributed by atoms with E-state index >= 15 is 0 Å². The lowest BCUT2D eigenvalue weighted by atomic mass is 9.95. The van der Waals surface area contributed by atoms with Crippen molar-refractivity contribution in [2.75, 3.05) is 23.7 Å². The van der Waals surface area contributed by atoms with Gasteiger partial charge in [-0.15, -0.1) is 0 Å². The molecule has 3 heterocycles. The molecular formula is C29H28N4O4. The fourth-order valence-corrected chi connectivity index (χ4v) is 4.50. The van der Waals surface area contributed by atoms with Gasteiger partial charge in [0.25, 0.3) is 5.91 Å². The van der Waals surface area contributed by atoms with Gasteiger partial charge in [0.05, 0.1) is 6.42 Å². The molecule has 2 aromatic carbocycles. The number of aryl methyl sites for hydroxylation is 1. The highest BCUT2D eigenvalue weighted by atomic mass is 16.3. The predicted molar refractivity (Wildman–Crippen MR) is 141 cm³/mol. The number of likely N-dealkylation sites (tertiary alicyclic amines) is 1. The van der Waals surface area contributed by atoms with Crippen molar-refractivity contribution in [3.8, 4) is 0 Å². The first-order valence-corrected chi connectivity index (χ1v) is 12.3. The van der Waals surface area contributed by atoms with Crippen LogP contribution in [0, 0.1) is 12.8 Å². The monoisotopic (exact) mass is 496 g/mol. The summed E-state index contributed by atoms with van der Waals surface area (Å²) in [7, 11) is 0. The molecule has 0 radical (unpaired) electrons. The van der Waals surface area contributed by atoms with Crippen molar-refractivity contribution < 1.29 is 18.8 Å². The summed E-state index contributed by atoms with van der Waals surface area (Å²) in [6, 6.07) is 20.1. The van der Waals surface area contributed by atoms with Crippen molar-refractivity contribution in [2.45, 2.75) is 26.2 Å². The maximum absolute atomic E-state index is 12.8. The molecule has 188 valence electrons. The Balaban J connectivity index is 1.10. The third kappa shape index (κ3) is 5.86. The van der Waals surface area contributed by atoms with E-state index in [1.54, 1.807) is 24.4 Å². The van der Waals surface area contributed by atoms with Crippen molar-refractivity contribution >= 4 is 40.2 Å². The number of carbonyl (C=O) groups excluding carboxylic acids is 3. The zero-order valence-corrected chi connectivity index (χ0v) is 20.6. The van der Waals surface area contributed by atoms with Gasteiger partial charge >= 0.3 is 0 Å². The molecule has 0 unspecified atom stereocenters. The van der Waals surface area contributed by atoms with E-state index in [4.69, 9.17) is 4.42 Å². The molecule has 5 rings (SSSR count). The Kier molecular flexibility index (Phi) is 6.98. The van der Waals surface area contributed by atoms with Gasteiger partial charge in [-0.25, -0.2) is 4.98 Å². The van der Waals surface area contributed by atoms with Crippen molar-refractivity contribution in [1.29, 1.82) is 0 Å². The molecule has 0 spiro atoms. The van der Waals surface area contributed by atoms with E-state index in [1.807, 2.05) is 60.4 Å². The van der Waals surface area contributed by atoms with Gasteiger partial charge in [0.15, 0.2) is 5.76 Å². The van der Waals surface area contributed by atoms with Gasteiger partial charge < -0.3 is 20.0 Å². The van der Waals surface area contributed by atoms with E-state index < -0.39 is 0 Å². The average Bonchev–Trinajstić information content (AvgIpc) is 3.35. The summed E-state index contributed by atoms with van der Waals surface area (Å²) in [6.07, 6.45) is 3.18. The summed E-state index contributed by atoms with van der Waals surface area (Å²) in [6.45, 7) is 3.04. The first-order chi connectivity index (χ1) is 17.9. The van der Waals surface area contributed by atoms with E-state index in [1.165, 1.54) is 0 Å². The number of nitrogens with zero attached hydrogens (tertiary/aromatic N) is 2. The number of piperidine rings is 1. The Morgan fingerprint density at radius 2 is 1.73 bits per heavy atom. The molecule has 0 bridgehead atoms. The molecule has 8 nitrogen and oxygen atoms in total. The summed E-state index contributed by atoms with van der Waals surface area (Å²) >= 11 is 0. The van der Waals surface area contributed by atoms with Crippen molar-refractivity contribution in [2.24, 2.45) is 5.92 Å². The first-order valence-electron chi connectivity index (χ1n) is 12.3. The molecule has 8 heteroatoms.